The zero-order valence-electron chi connectivity index (χ0n) is 14.7. The van der Waals surface area contributed by atoms with E-state index >= 15 is 0 Å². The lowest BCUT2D eigenvalue weighted by atomic mass is 10.2. The Morgan fingerprint density at radius 1 is 0.722 bits per heavy atom. The van der Waals surface area contributed by atoms with E-state index in [9.17, 15) is 0 Å². The zero-order chi connectivity index (χ0) is 15.4. The molecule has 0 aromatic rings. The molecule has 0 radical (unpaired) electrons. The second kappa shape index (κ2) is 30.0. The van der Waals surface area contributed by atoms with Crippen LogP contribution < -0.4 is 0 Å². The normalized spacial score (nSPS) is 7.56. The van der Waals surface area contributed by atoms with Crippen molar-refractivity contribution in [3.8, 4) is 0 Å². The molecule has 0 aromatic carbocycles. The monoisotopic (exact) mass is 256 g/mol. The van der Waals surface area contributed by atoms with E-state index in [1.807, 2.05) is 27.7 Å². The van der Waals surface area contributed by atoms with Crippen molar-refractivity contribution in [3.05, 3.63) is 24.3 Å². The molecule has 0 N–H and O–H groups in total. The van der Waals surface area contributed by atoms with Crippen molar-refractivity contribution in [1.29, 1.82) is 0 Å². The molecule has 0 rings (SSSR count). The molecule has 0 heterocycles. The molecular formula is C18H40. The Morgan fingerprint density at radius 3 is 1.06 bits per heavy atom. The average Bonchev–Trinajstić information content (AvgIpc) is 2.30. The van der Waals surface area contributed by atoms with Gasteiger partial charge in [-0.1, -0.05) is 71.4 Å². The van der Waals surface area contributed by atoms with Gasteiger partial charge in [-0.25, -0.2) is 0 Å². The van der Waals surface area contributed by atoms with Crippen molar-refractivity contribution < 1.29 is 0 Å². The molecule has 0 saturated heterocycles. The highest BCUT2D eigenvalue weighted by Gasteiger charge is 1.81. The summed E-state index contributed by atoms with van der Waals surface area (Å²) in [7, 11) is 0. The lowest BCUT2D eigenvalue weighted by Crippen LogP contribution is -1.71. The number of hydrogen-bond donors (Lipinski definition) is 0. The molecule has 0 bridgehead atoms. The molecule has 0 saturated carbocycles. The molecule has 0 aliphatic heterocycles. The molecule has 0 spiro atoms. The van der Waals surface area contributed by atoms with Crippen LogP contribution >= 0.6 is 0 Å². The quantitative estimate of drug-likeness (QED) is 0.445. The van der Waals surface area contributed by atoms with Crippen molar-refractivity contribution in [2.45, 2.75) is 93.9 Å². The summed E-state index contributed by atoms with van der Waals surface area (Å²) in [5.41, 5.74) is 2.47. The van der Waals surface area contributed by atoms with E-state index in [1.165, 1.54) is 49.7 Å². The first-order valence-corrected chi connectivity index (χ1v) is 7.68. The Kier molecular flexibility index (Phi) is 43.5. The van der Waals surface area contributed by atoms with Gasteiger partial charge in [-0.2, -0.15) is 0 Å². The van der Waals surface area contributed by atoms with Crippen LogP contribution in [-0.4, -0.2) is 0 Å². The van der Waals surface area contributed by atoms with Crippen molar-refractivity contribution >= 4 is 0 Å². The van der Waals surface area contributed by atoms with Crippen LogP contribution in [0.1, 0.15) is 93.9 Å². The van der Waals surface area contributed by atoms with Gasteiger partial charge in [0, 0.05) is 0 Å². The van der Waals surface area contributed by atoms with Crippen molar-refractivity contribution in [3.63, 3.8) is 0 Å². The first-order valence-electron chi connectivity index (χ1n) is 7.68. The molecule has 0 atom stereocenters. The van der Waals surface area contributed by atoms with Crippen LogP contribution in [0.25, 0.3) is 0 Å². The van der Waals surface area contributed by atoms with E-state index < -0.39 is 0 Å². The minimum Gasteiger partial charge on any atom is -0.100 e. The third kappa shape index (κ3) is 108. The summed E-state index contributed by atoms with van der Waals surface area (Å²) in [6.45, 7) is 24.0. The van der Waals surface area contributed by atoms with Crippen molar-refractivity contribution in [2.75, 3.05) is 0 Å². The van der Waals surface area contributed by atoms with Crippen LogP contribution in [0.15, 0.2) is 24.3 Å². The van der Waals surface area contributed by atoms with E-state index in [-0.39, 0.29) is 0 Å². The number of rotatable bonds is 5. The second-order valence-corrected chi connectivity index (χ2v) is 4.62. The molecule has 0 amide bonds. The smallest absolute Gasteiger partial charge is 0.0326 e. The van der Waals surface area contributed by atoms with Crippen LogP contribution in [0.4, 0.5) is 0 Å². The minimum absolute atomic E-state index is 1.17. The molecule has 0 aromatic heterocycles. The molecule has 18 heavy (non-hydrogen) atoms. The lowest BCUT2D eigenvalue weighted by molar-refractivity contribution is 0.772. The second-order valence-electron chi connectivity index (χ2n) is 4.62. The molecule has 0 unspecified atom stereocenters. The van der Waals surface area contributed by atoms with Crippen LogP contribution in [0.3, 0.4) is 0 Å². The van der Waals surface area contributed by atoms with Crippen LogP contribution in [0.5, 0.6) is 0 Å². The number of hydrogen-bond acceptors (Lipinski definition) is 0. The van der Waals surface area contributed by atoms with Crippen LogP contribution in [0, 0.1) is 0 Å². The standard InChI is InChI=1S/C7H14.C5H12.C4H8.C2H6/c1-4-5-6-7(2)3;1-3-5-4-2;1-4(2)3;1-2/h2,4-6H2,1,3H3;3-5H2,1-2H3;1H2,2-3H3;1-2H3. The van der Waals surface area contributed by atoms with E-state index in [4.69, 9.17) is 0 Å². The first kappa shape index (κ1) is 26.1. The van der Waals surface area contributed by atoms with Gasteiger partial charge in [-0.3, -0.25) is 0 Å². The van der Waals surface area contributed by atoms with Gasteiger partial charge in [0.1, 0.15) is 0 Å². The Balaban J connectivity index is -0.0000000791. The first-order chi connectivity index (χ1) is 8.42. The molecule has 0 aliphatic rings. The van der Waals surface area contributed by atoms with Gasteiger partial charge >= 0.3 is 0 Å². The number of allylic oxidation sites excluding steroid dienone is 2. The summed E-state index contributed by atoms with van der Waals surface area (Å²) in [5.74, 6) is 0. The summed E-state index contributed by atoms with van der Waals surface area (Å²) in [6, 6.07) is 0. The fourth-order valence-electron chi connectivity index (χ4n) is 0.832. The Morgan fingerprint density at radius 2 is 1.00 bits per heavy atom. The van der Waals surface area contributed by atoms with Gasteiger partial charge in [0.05, 0.1) is 0 Å². The van der Waals surface area contributed by atoms with Gasteiger partial charge in [0.2, 0.25) is 0 Å². The number of unbranched alkanes of at least 4 members (excludes halogenated alkanes) is 3. The third-order valence-electron chi connectivity index (χ3n) is 1.66. The molecular weight excluding hydrogens is 216 g/mol. The molecule has 112 valence electrons. The fraction of sp³-hybridized carbons (Fsp3) is 0.778. The van der Waals surface area contributed by atoms with Gasteiger partial charge in [0.25, 0.3) is 0 Å². The maximum absolute atomic E-state index is 3.79. The summed E-state index contributed by atoms with van der Waals surface area (Å²) < 4.78 is 0. The van der Waals surface area contributed by atoms with E-state index in [2.05, 4.69) is 40.9 Å². The minimum atomic E-state index is 1.17. The average molecular weight is 257 g/mol. The summed E-state index contributed by atoms with van der Waals surface area (Å²) in [4.78, 5) is 0. The topological polar surface area (TPSA) is 0 Å². The molecule has 0 aliphatic carbocycles. The van der Waals surface area contributed by atoms with Crippen LogP contribution in [0.2, 0.25) is 0 Å². The summed E-state index contributed by atoms with van der Waals surface area (Å²) in [6.07, 6.45) is 7.87. The van der Waals surface area contributed by atoms with Crippen LogP contribution in [-0.2, 0) is 0 Å². The molecule has 0 heteroatoms. The van der Waals surface area contributed by atoms with Gasteiger partial charge in [-0.15, -0.1) is 13.2 Å². The van der Waals surface area contributed by atoms with E-state index in [0.29, 0.717) is 0 Å². The highest BCUT2D eigenvalue weighted by atomic mass is 13.9. The lowest BCUT2D eigenvalue weighted by Gasteiger charge is -1.91. The zero-order valence-corrected chi connectivity index (χ0v) is 14.7. The maximum Gasteiger partial charge on any atom is -0.0326 e. The highest BCUT2D eigenvalue weighted by Crippen LogP contribution is 2.01. The largest absolute Gasteiger partial charge is 0.100 e. The van der Waals surface area contributed by atoms with Crippen molar-refractivity contribution in [2.24, 2.45) is 0 Å². The van der Waals surface area contributed by atoms with Gasteiger partial charge < -0.3 is 0 Å². The van der Waals surface area contributed by atoms with Crippen molar-refractivity contribution in [1.82, 2.24) is 0 Å². The fourth-order valence-corrected chi connectivity index (χ4v) is 0.832. The summed E-state index contributed by atoms with van der Waals surface area (Å²) in [5, 5.41) is 0. The Hall–Kier alpha value is -0.520. The predicted octanol–water partition coefficient (Wildman–Crippen LogP) is 7.56. The molecule has 0 nitrogen and oxygen atoms in total. The highest BCUT2D eigenvalue weighted by molar-refractivity contribution is 4.86. The third-order valence-corrected chi connectivity index (χ3v) is 1.66. The Bertz CT molecular complexity index is 136. The van der Waals surface area contributed by atoms with E-state index in [0.717, 1.165) is 0 Å². The van der Waals surface area contributed by atoms with E-state index in [1.54, 1.807) is 0 Å². The van der Waals surface area contributed by atoms with Gasteiger partial charge in [-0.05, 0) is 33.6 Å². The summed E-state index contributed by atoms with van der Waals surface area (Å²) >= 11 is 0. The SMILES string of the molecule is C=C(C)C.C=C(C)CCCC.CC.CCCCC. The maximum atomic E-state index is 3.79. The molecule has 0 fully saturated rings. The Labute approximate surface area is 119 Å². The van der Waals surface area contributed by atoms with Gasteiger partial charge in [0.15, 0.2) is 0 Å². The predicted molar refractivity (Wildman–Crippen MR) is 91.4 cm³/mol.